The maximum Gasteiger partial charge on any atom is 0.261 e. The van der Waals surface area contributed by atoms with E-state index in [1.807, 2.05) is 59.4 Å². The van der Waals surface area contributed by atoms with Crippen molar-refractivity contribution in [2.75, 3.05) is 5.32 Å². The number of carbonyl (C=O) groups excluding carboxylic acids is 1. The zero-order chi connectivity index (χ0) is 17.9. The van der Waals surface area contributed by atoms with Crippen molar-refractivity contribution in [3.63, 3.8) is 0 Å². The number of hydrogen-bond donors (Lipinski definition) is 1. The van der Waals surface area contributed by atoms with Gasteiger partial charge in [-0.2, -0.15) is 5.10 Å². The largest absolute Gasteiger partial charge is 0.319 e. The Morgan fingerprint density at radius 1 is 0.962 bits per heavy atom. The molecule has 0 aliphatic rings. The molecule has 0 bridgehead atoms. The molecule has 0 fully saturated rings. The third-order valence-electron chi connectivity index (χ3n) is 3.94. The first-order valence-corrected chi connectivity index (χ1v) is 8.06. The molecular weight excluding hydrogens is 328 g/mol. The summed E-state index contributed by atoms with van der Waals surface area (Å²) in [5.74, 6) is 1.03. The van der Waals surface area contributed by atoms with Crippen molar-refractivity contribution in [2.45, 2.75) is 0 Å². The SMILES string of the molecule is Cn1ncc(C(=O)Nc2cnc(-c3ccccc3)nc2)c1-n1cccc1. The summed E-state index contributed by atoms with van der Waals surface area (Å²) < 4.78 is 3.50. The number of hydrogen-bond acceptors (Lipinski definition) is 4. The molecule has 0 atom stereocenters. The summed E-state index contributed by atoms with van der Waals surface area (Å²) >= 11 is 0. The molecular formula is C19H16N6O. The normalized spacial score (nSPS) is 10.7. The van der Waals surface area contributed by atoms with Crippen LogP contribution in [0, 0.1) is 0 Å². The molecule has 0 radical (unpaired) electrons. The molecule has 0 spiro atoms. The maximum absolute atomic E-state index is 12.7. The molecule has 0 saturated carbocycles. The Balaban J connectivity index is 1.56. The maximum atomic E-state index is 12.7. The number of anilines is 1. The van der Waals surface area contributed by atoms with Crippen molar-refractivity contribution in [3.05, 3.63) is 79.0 Å². The summed E-state index contributed by atoms with van der Waals surface area (Å²) in [5.41, 5.74) is 1.92. The van der Waals surface area contributed by atoms with Crippen LogP contribution in [-0.4, -0.2) is 30.2 Å². The second-order valence-electron chi connectivity index (χ2n) is 5.71. The lowest BCUT2D eigenvalue weighted by Gasteiger charge is -2.08. The van der Waals surface area contributed by atoms with Crippen LogP contribution in [0.15, 0.2) is 73.4 Å². The lowest BCUT2D eigenvalue weighted by molar-refractivity contribution is 0.102. The third kappa shape index (κ3) is 2.98. The summed E-state index contributed by atoms with van der Waals surface area (Å²) in [6, 6.07) is 13.5. The van der Waals surface area contributed by atoms with Crippen molar-refractivity contribution in [1.82, 2.24) is 24.3 Å². The molecule has 3 heterocycles. The molecule has 128 valence electrons. The first-order valence-electron chi connectivity index (χ1n) is 8.06. The molecule has 3 aromatic heterocycles. The van der Waals surface area contributed by atoms with Gasteiger partial charge in [0.25, 0.3) is 5.91 Å². The van der Waals surface area contributed by atoms with Gasteiger partial charge in [-0.3, -0.25) is 9.48 Å². The predicted molar refractivity (Wildman–Crippen MR) is 98.0 cm³/mol. The van der Waals surface area contributed by atoms with Gasteiger partial charge < -0.3 is 9.88 Å². The van der Waals surface area contributed by atoms with Gasteiger partial charge in [-0.15, -0.1) is 0 Å². The Morgan fingerprint density at radius 3 is 2.35 bits per heavy atom. The molecule has 1 N–H and O–H groups in total. The lowest BCUT2D eigenvalue weighted by Crippen LogP contribution is -2.15. The van der Waals surface area contributed by atoms with Crippen LogP contribution in [0.1, 0.15) is 10.4 Å². The fraction of sp³-hybridized carbons (Fsp3) is 0.0526. The van der Waals surface area contributed by atoms with E-state index in [-0.39, 0.29) is 5.91 Å². The monoisotopic (exact) mass is 344 g/mol. The van der Waals surface area contributed by atoms with Gasteiger partial charge in [0, 0.05) is 25.0 Å². The molecule has 4 rings (SSSR count). The van der Waals surface area contributed by atoms with E-state index >= 15 is 0 Å². The zero-order valence-electron chi connectivity index (χ0n) is 14.1. The van der Waals surface area contributed by atoms with Gasteiger partial charge in [0.2, 0.25) is 0 Å². The van der Waals surface area contributed by atoms with Gasteiger partial charge >= 0.3 is 0 Å². The number of carbonyl (C=O) groups is 1. The number of rotatable bonds is 4. The number of nitrogens with one attached hydrogen (secondary N) is 1. The van der Waals surface area contributed by atoms with E-state index in [0.717, 1.165) is 5.56 Å². The Labute approximate surface area is 150 Å². The Bertz CT molecular complexity index is 1020. The van der Waals surface area contributed by atoms with Gasteiger partial charge in [0.15, 0.2) is 5.82 Å². The summed E-state index contributed by atoms with van der Waals surface area (Å²) in [7, 11) is 1.80. The molecule has 26 heavy (non-hydrogen) atoms. The number of benzene rings is 1. The van der Waals surface area contributed by atoms with Crippen LogP contribution in [0.4, 0.5) is 5.69 Å². The van der Waals surface area contributed by atoms with Crippen molar-refractivity contribution < 1.29 is 4.79 Å². The van der Waals surface area contributed by atoms with Crippen molar-refractivity contribution in [3.8, 4) is 17.2 Å². The van der Waals surface area contributed by atoms with E-state index in [1.54, 1.807) is 30.3 Å². The number of amides is 1. The number of nitrogens with zero attached hydrogens (tertiary/aromatic N) is 5. The van der Waals surface area contributed by atoms with Crippen LogP contribution in [0.2, 0.25) is 0 Å². The summed E-state index contributed by atoms with van der Waals surface area (Å²) in [4.78, 5) is 21.3. The molecule has 0 aliphatic heterocycles. The van der Waals surface area contributed by atoms with Gasteiger partial charge in [0.05, 0.1) is 24.3 Å². The fourth-order valence-corrected chi connectivity index (χ4v) is 2.70. The molecule has 1 aromatic carbocycles. The van der Waals surface area contributed by atoms with E-state index in [9.17, 15) is 4.79 Å². The van der Waals surface area contributed by atoms with E-state index in [2.05, 4.69) is 20.4 Å². The molecule has 7 nitrogen and oxygen atoms in total. The minimum atomic E-state index is -0.266. The number of aryl methyl sites for hydroxylation is 1. The Kier molecular flexibility index (Phi) is 4.03. The minimum Gasteiger partial charge on any atom is -0.319 e. The van der Waals surface area contributed by atoms with E-state index in [1.165, 1.54) is 0 Å². The van der Waals surface area contributed by atoms with Crippen LogP contribution >= 0.6 is 0 Å². The lowest BCUT2D eigenvalue weighted by atomic mass is 10.2. The second-order valence-corrected chi connectivity index (χ2v) is 5.71. The molecule has 1 amide bonds. The van der Waals surface area contributed by atoms with E-state index in [4.69, 9.17) is 0 Å². The highest BCUT2D eigenvalue weighted by Gasteiger charge is 2.17. The van der Waals surface area contributed by atoms with Crippen LogP contribution in [-0.2, 0) is 7.05 Å². The van der Waals surface area contributed by atoms with E-state index in [0.29, 0.717) is 22.9 Å². The first-order chi connectivity index (χ1) is 12.7. The topological polar surface area (TPSA) is 77.6 Å². The van der Waals surface area contributed by atoms with Crippen LogP contribution in [0.3, 0.4) is 0 Å². The van der Waals surface area contributed by atoms with Gasteiger partial charge in [-0.1, -0.05) is 30.3 Å². The van der Waals surface area contributed by atoms with Crippen LogP contribution in [0.25, 0.3) is 17.2 Å². The van der Waals surface area contributed by atoms with Gasteiger partial charge in [0.1, 0.15) is 11.4 Å². The molecule has 4 aromatic rings. The average Bonchev–Trinajstić information content (AvgIpc) is 3.32. The number of aromatic nitrogens is 5. The first kappa shape index (κ1) is 15.8. The highest BCUT2D eigenvalue weighted by Crippen LogP contribution is 2.18. The standard InChI is InChI=1S/C19H16N6O/c1-24-19(25-9-5-6-10-25)16(13-22-24)18(26)23-15-11-20-17(21-12-15)14-7-3-2-4-8-14/h2-13H,1H3,(H,23,26). The van der Waals surface area contributed by atoms with Gasteiger partial charge in [-0.25, -0.2) is 9.97 Å². The average molecular weight is 344 g/mol. The fourth-order valence-electron chi connectivity index (χ4n) is 2.70. The third-order valence-corrected chi connectivity index (χ3v) is 3.94. The Hall–Kier alpha value is -3.74. The van der Waals surface area contributed by atoms with E-state index < -0.39 is 0 Å². The molecule has 7 heteroatoms. The van der Waals surface area contributed by atoms with Crippen molar-refractivity contribution in [2.24, 2.45) is 7.05 Å². The molecule has 0 saturated heterocycles. The minimum absolute atomic E-state index is 0.266. The summed E-state index contributed by atoms with van der Waals surface area (Å²) in [5, 5.41) is 7.01. The van der Waals surface area contributed by atoms with Gasteiger partial charge in [-0.05, 0) is 12.1 Å². The second kappa shape index (κ2) is 6.64. The summed E-state index contributed by atoms with van der Waals surface area (Å²) in [6.07, 6.45) is 8.47. The zero-order valence-corrected chi connectivity index (χ0v) is 14.1. The van der Waals surface area contributed by atoms with Crippen molar-refractivity contribution in [1.29, 1.82) is 0 Å². The molecule has 0 aliphatic carbocycles. The Morgan fingerprint density at radius 2 is 1.65 bits per heavy atom. The van der Waals surface area contributed by atoms with Crippen LogP contribution < -0.4 is 5.32 Å². The highest BCUT2D eigenvalue weighted by molar-refractivity contribution is 6.06. The van der Waals surface area contributed by atoms with Crippen molar-refractivity contribution >= 4 is 11.6 Å². The predicted octanol–water partition coefficient (Wildman–Crippen LogP) is 2.92. The smallest absolute Gasteiger partial charge is 0.261 e. The highest BCUT2D eigenvalue weighted by atomic mass is 16.1. The summed E-state index contributed by atoms with van der Waals surface area (Å²) in [6.45, 7) is 0. The quantitative estimate of drug-likeness (QED) is 0.617. The molecule has 0 unspecified atom stereocenters. The van der Waals surface area contributed by atoms with Crippen LogP contribution in [0.5, 0.6) is 0 Å².